The number of urea groups is 1. The highest BCUT2D eigenvalue weighted by Gasteiger charge is 2.33. The number of carbonyl (C=O) groups is 2. The first-order valence-corrected chi connectivity index (χ1v) is 9.70. The normalized spacial score (nSPS) is 16.5. The second kappa shape index (κ2) is 9.68. The number of esters is 1. The first kappa shape index (κ1) is 21.9. The Kier molecular flexibility index (Phi) is 7.57. The van der Waals surface area contributed by atoms with Crippen LogP contribution in [0.15, 0.2) is 23.4 Å². The first-order valence-electron chi connectivity index (χ1n) is 9.32. The third-order valence-electron chi connectivity index (χ3n) is 3.99. The number of ether oxygens (including phenoxy) is 3. The van der Waals surface area contributed by atoms with Crippen molar-refractivity contribution in [2.24, 2.45) is 5.92 Å². The van der Waals surface area contributed by atoms with Gasteiger partial charge in [0, 0.05) is 5.70 Å². The highest BCUT2D eigenvalue weighted by Crippen LogP contribution is 2.40. The van der Waals surface area contributed by atoms with Crippen LogP contribution >= 0.6 is 11.6 Å². The zero-order valence-electron chi connectivity index (χ0n) is 16.8. The van der Waals surface area contributed by atoms with Gasteiger partial charge in [-0.05, 0) is 44.4 Å². The third-order valence-corrected chi connectivity index (χ3v) is 4.27. The largest absolute Gasteiger partial charge is 0.490 e. The van der Waals surface area contributed by atoms with Crippen LogP contribution in [0.25, 0.3) is 0 Å². The van der Waals surface area contributed by atoms with Gasteiger partial charge < -0.3 is 24.8 Å². The van der Waals surface area contributed by atoms with E-state index >= 15 is 0 Å². The van der Waals surface area contributed by atoms with Gasteiger partial charge >= 0.3 is 12.0 Å². The number of halogens is 1. The Bertz CT molecular complexity index is 776. The van der Waals surface area contributed by atoms with Crippen LogP contribution in [0, 0.1) is 5.92 Å². The predicted octanol–water partition coefficient (Wildman–Crippen LogP) is 3.96. The van der Waals surface area contributed by atoms with Crippen LogP contribution in [0.3, 0.4) is 0 Å². The Morgan fingerprint density at radius 1 is 1.21 bits per heavy atom. The van der Waals surface area contributed by atoms with E-state index in [1.165, 1.54) is 0 Å². The van der Waals surface area contributed by atoms with Gasteiger partial charge in [-0.1, -0.05) is 25.4 Å². The van der Waals surface area contributed by atoms with Gasteiger partial charge in [0.05, 0.1) is 36.5 Å². The van der Waals surface area contributed by atoms with Crippen LogP contribution < -0.4 is 20.1 Å². The molecule has 0 saturated carbocycles. The minimum Gasteiger partial charge on any atom is -0.490 e. The smallest absolute Gasteiger partial charge is 0.338 e. The van der Waals surface area contributed by atoms with Crippen LogP contribution in [0.5, 0.6) is 11.5 Å². The number of nitrogens with one attached hydrogen (secondary N) is 2. The van der Waals surface area contributed by atoms with Gasteiger partial charge in [-0.15, -0.1) is 0 Å². The van der Waals surface area contributed by atoms with Crippen LogP contribution in [0.1, 0.15) is 46.2 Å². The summed E-state index contributed by atoms with van der Waals surface area (Å²) in [5, 5.41) is 5.70. The molecule has 1 aliphatic heterocycles. The molecule has 2 amide bonds. The van der Waals surface area contributed by atoms with E-state index in [1.54, 1.807) is 26.0 Å². The maximum Gasteiger partial charge on any atom is 0.338 e. The molecule has 1 aromatic carbocycles. The number of carbonyl (C=O) groups excluding carboxylic acids is 2. The summed E-state index contributed by atoms with van der Waals surface area (Å²) < 4.78 is 16.7. The van der Waals surface area contributed by atoms with Crippen molar-refractivity contribution in [1.82, 2.24) is 10.6 Å². The van der Waals surface area contributed by atoms with E-state index in [9.17, 15) is 9.59 Å². The Labute approximate surface area is 170 Å². The van der Waals surface area contributed by atoms with Crippen LogP contribution in [0.2, 0.25) is 5.02 Å². The van der Waals surface area contributed by atoms with Gasteiger partial charge in [0.1, 0.15) is 0 Å². The third kappa shape index (κ3) is 5.10. The zero-order valence-corrected chi connectivity index (χ0v) is 17.6. The SMILES string of the molecule is CCOC(=O)C1=C(C)NC(=O)NC1c1cc(Cl)c(OCC(C)C)c(OCC)c1. The highest BCUT2D eigenvalue weighted by atomic mass is 35.5. The van der Waals surface area contributed by atoms with Gasteiger partial charge in [-0.3, -0.25) is 0 Å². The maximum atomic E-state index is 12.5. The summed E-state index contributed by atoms with van der Waals surface area (Å²) in [4.78, 5) is 24.5. The molecule has 1 heterocycles. The summed E-state index contributed by atoms with van der Waals surface area (Å²) in [7, 11) is 0. The fourth-order valence-electron chi connectivity index (χ4n) is 2.83. The first-order chi connectivity index (χ1) is 13.3. The van der Waals surface area contributed by atoms with Crippen molar-refractivity contribution in [2.45, 2.75) is 40.7 Å². The molecule has 28 heavy (non-hydrogen) atoms. The molecule has 1 unspecified atom stereocenters. The van der Waals surface area contributed by atoms with Crippen molar-refractivity contribution in [3.05, 3.63) is 34.0 Å². The van der Waals surface area contributed by atoms with Crippen molar-refractivity contribution in [3.8, 4) is 11.5 Å². The average Bonchev–Trinajstić information content (AvgIpc) is 2.60. The van der Waals surface area contributed by atoms with E-state index in [-0.39, 0.29) is 6.61 Å². The molecule has 0 bridgehead atoms. The number of hydrogen-bond acceptors (Lipinski definition) is 5. The van der Waals surface area contributed by atoms with Crippen molar-refractivity contribution in [3.63, 3.8) is 0 Å². The minimum absolute atomic E-state index is 0.225. The van der Waals surface area contributed by atoms with E-state index < -0.39 is 18.0 Å². The van der Waals surface area contributed by atoms with Crippen LogP contribution in [-0.4, -0.2) is 31.8 Å². The number of hydrogen-bond donors (Lipinski definition) is 2. The Morgan fingerprint density at radius 3 is 2.54 bits per heavy atom. The lowest BCUT2D eigenvalue weighted by Crippen LogP contribution is -2.45. The number of amides is 2. The molecular formula is C20H27ClN2O5. The lowest BCUT2D eigenvalue weighted by atomic mass is 9.95. The molecule has 8 heteroatoms. The summed E-state index contributed by atoms with van der Waals surface area (Å²) >= 11 is 6.47. The molecule has 7 nitrogen and oxygen atoms in total. The van der Waals surface area contributed by atoms with Crippen molar-refractivity contribution < 1.29 is 23.8 Å². The minimum atomic E-state index is -0.719. The van der Waals surface area contributed by atoms with Gasteiger partial charge in [0.25, 0.3) is 0 Å². The van der Waals surface area contributed by atoms with Gasteiger partial charge in [0.2, 0.25) is 0 Å². The summed E-state index contributed by atoms with van der Waals surface area (Å²) in [6, 6.07) is 2.27. The quantitative estimate of drug-likeness (QED) is 0.633. The second-order valence-corrected chi connectivity index (χ2v) is 7.17. The van der Waals surface area contributed by atoms with E-state index in [2.05, 4.69) is 10.6 Å². The number of benzene rings is 1. The van der Waals surface area contributed by atoms with Gasteiger partial charge in [0.15, 0.2) is 11.5 Å². The van der Waals surface area contributed by atoms with Crippen molar-refractivity contribution in [2.75, 3.05) is 19.8 Å². The molecule has 0 radical (unpaired) electrons. The Morgan fingerprint density at radius 2 is 1.93 bits per heavy atom. The fourth-order valence-corrected chi connectivity index (χ4v) is 3.10. The average molecular weight is 411 g/mol. The molecule has 2 N–H and O–H groups in total. The van der Waals surface area contributed by atoms with E-state index in [1.807, 2.05) is 20.8 Å². The number of rotatable bonds is 8. The van der Waals surface area contributed by atoms with Gasteiger partial charge in [-0.25, -0.2) is 9.59 Å². The molecule has 1 aromatic rings. The molecular weight excluding hydrogens is 384 g/mol. The van der Waals surface area contributed by atoms with E-state index in [0.717, 1.165) is 0 Å². The lowest BCUT2D eigenvalue weighted by Gasteiger charge is -2.29. The predicted molar refractivity (Wildman–Crippen MR) is 107 cm³/mol. The molecule has 1 atom stereocenters. The van der Waals surface area contributed by atoms with Crippen molar-refractivity contribution in [1.29, 1.82) is 0 Å². The summed E-state index contributed by atoms with van der Waals surface area (Å²) in [6.45, 7) is 10.4. The Balaban J connectivity index is 2.50. The molecule has 1 aliphatic rings. The summed E-state index contributed by atoms with van der Waals surface area (Å²) in [5.41, 5.74) is 1.35. The molecule has 2 rings (SSSR count). The monoisotopic (exact) mass is 410 g/mol. The molecule has 0 fully saturated rings. The molecule has 0 spiro atoms. The van der Waals surface area contributed by atoms with Gasteiger partial charge in [-0.2, -0.15) is 0 Å². The molecule has 0 aliphatic carbocycles. The fraction of sp³-hybridized carbons (Fsp3) is 0.500. The highest BCUT2D eigenvalue weighted by molar-refractivity contribution is 6.32. The lowest BCUT2D eigenvalue weighted by molar-refractivity contribution is -0.139. The topological polar surface area (TPSA) is 85.9 Å². The standard InChI is InChI=1S/C20H27ClN2O5/c1-6-26-15-9-13(8-14(21)18(15)28-10-11(3)4)17-16(19(24)27-7-2)12(5)22-20(25)23-17/h8-9,11,17H,6-7,10H2,1-5H3,(H2,22,23,25). The van der Waals surface area contributed by atoms with Crippen LogP contribution in [0.4, 0.5) is 4.79 Å². The Hall–Kier alpha value is -2.41. The van der Waals surface area contributed by atoms with Crippen LogP contribution in [-0.2, 0) is 9.53 Å². The maximum absolute atomic E-state index is 12.5. The summed E-state index contributed by atoms with van der Waals surface area (Å²) in [5.74, 6) is 0.709. The molecule has 0 saturated heterocycles. The van der Waals surface area contributed by atoms with Crippen molar-refractivity contribution >= 4 is 23.6 Å². The molecule has 0 aromatic heterocycles. The second-order valence-electron chi connectivity index (χ2n) is 6.76. The van der Waals surface area contributed by atoms with E-state index in [4.69, 9.17) is 25.8 Å². The summed E-state index contributed by atoms with van der Waals surface area (Å²) in [6.07, 6.45) is 0. The zero-order chi connectivity index (χ0) is 20.8. The molecule has 154 valence electrons. The van der Waals surface area contributed by atoms with E-state index in [0.29, 0.717) is 52.5 Å². The number of allylic oxidation sites excluding steroid dienone is 1.